The van der Waals surface area contributed by atoms with Crippen LogP contribution >= 0.6 is 11.6 Å². The molecule has 1 saturated carbocycles. The first-order chi connectivity index (χ1) is 18.1. The Bertz CT molecular complexity index is 1290. The van der Waals surface area contributed by atoms with Gasteiger partial charge in [-0.3, -0.25) is 4.79 Å². The van der Waals surface area contributed by atoms with E-state index in [1.54, 1.807) is 17.0 Å². The highest BCUT2D eigenvalue weighted by Crippen LogP contribution is 2.32. The smallest absolute Gasteiger partial charge is 0.230 e. The normalized spacial score (nSPS) is 14.9. The van der Waals surface area contributed by atoms with Gasteiger partial charge in [-0.25, -0.2) is 5.01 Å². The second-order valence-electron chi connectivity index (χ2n) is 10.2. The van der Waals surface area contributed by atoms with Gasteiger partial charge in [-0.2, -0.15) is 10.4 Å². The lowest BCUT2D eigenvalue weighted by atomic mass is 9.92. The molecule has 1 atom stereocenters. The monoisotopic (exact) mass is 530 g/mol. The summed E-state index contributed by atoms with van der Waals surface area (Å²) in [7, 11) is 1.76. The van der Waals surface area contributed by atoms with Crippen molar-refractivity contribution in [3.63, 3.8) is 0 Å². The molecular weight excluding hydrogens is 492 g/mol. The summed E-state index contributed by atoms with van der Waals surface area (Å²) in [4.78, 5) is 14.2. The highest BCUT2D eigenvalue weighted by atomic mass is 35.5. The molecule has 0 spiro atoms. The molecule has 3 rings (SSSR count). The van der Waals surface area contributed by atoms with Crippen molar-refractivity contribution < 1.29 is 4.79 Å². The number of benzene rings is 2. The lowest BCUT2D eigenvalue weighted by molar-refractivity contribution is -0.127. The number of hydrazone groups is 1. The van der Waals surface area contributed by atoms with Gasteiger partial charge in [-0.15, -0.1) is 0 Å². The standard InChI is InChI=1S/C32H39ClN4O/c1-8-21(3)20-37(35-24(6)36(7)32(38)27-13-14-27)31-15-11-25(17-29(31)19-34)10-12-26(9-2)28-16-22(4)23(5)30(33)18-28/h10-12,15-18,20,26-27H,8-9,13-14H2,1-7H3/b12-10+,21-20+,35-24+. The van der Waals surface area contributed by atoms with Crippen molar-refractivity contribution in [2.24, 2.45) is 11.0 Å². The summed E-state index contributed by atoms with van der Waals surface area (Å²) >= 11 is 6.46. The molecule has 1 aliphatic carbocycles. The third-order valence-corrected chi connectivity index (χ3v) is 7.69. The van der Waals surface area contributed by atoms with Crippen molar-refractivity contribution in [3.05, 3.63) is 81.0 Å². The number of amidine groups is 1. The molecule has 1 aliphatic rings. The molecule has 6 heteroatoms. The predicted molar refractivity (Wildman–Crippen MR) is 159 cm³/mol. The lowest BCUT2D eigenvalue weighted by Crippen LogP contribution is -2.34. The van der Waals surface area contributed by atoms with Crippen molar-refractivity contribution in [2.45, 2.75) is 73.1 Å². The molecule has 0 N–H and O–H groups in total. The number of anilines is 1. The van der Waals surface area contributed by atoms with Gasteiger partial charge in [0.1, 0.15) is 11.9 Å². The fourth-order valence-electron chi connectivity index (χ4n) is 4.15. The summed E-state index contributed by atoms with van der Waals surface area (Å²) in [5, 5.41) is 17.3. The first kappa shape index (κ1) is 29.2. The van der Waals surface area contributed by atoms with E-state index in [2.05, 4.69) is 51.1 Å². The maximum absolute atomic E-state index is 12.6. The van der Waals surface area contributed by atoms with E-state index in [1.165, 1.54) is 11.1 Å². The number of hydrogen-bond donors (Lipinski definition) is 0. The van der Waals surface area contributed by atoms with E-state index in [-0.39, 0.29) is 17.7 Å². The average molecular weight is 531 g/mol. The predicted octanol–water partition coefficient (Wildman–Crippen LogP) is 8.36. The van der Waals surface area contributed by atoms with E-state index in [1.807, 2.05) is 45.2 Å². The molecule has 0 aliphatic heterocycles. The minimum atomic E-state index is 0.0962. The van der Waals surface area contributed by atoms with Crippen LogP contribution in [0.4, 0.5) is 5.69 Å². The fourth-order valence-corrected chi connectivity index (χ4v) is 4.43. The van der Waals surface area contributed by atoms with E-state index in [0.717, 1.165) is 47.4 Å². The molecule has 0 bridgehead atoms. The van der Waals surface area contributed by atoms with Crippen molar-refractivity contribution in [3.8, 4) is 6.07 Å². The number of carbonyl (C=O) groups is 1. The van der Waals surface area contributed by atoms with Crippen molar-refractivity contribution in [1.82, 2.24) is 4.90 Å². The van der Waals surface area contributed by atoms with Crippen LogP contribution < -0.4 is 5.01 Å². The number of hydrogen-bond acceptors (Lipinski definition) is 4. The van der Waals surface area contributed by atoms with Crippen LogP contribution in [0.1, 0.15) is 87.1 Å². The molecule has 38 heavy (non-hydrogen) atoms. The van der Waals surface area contributed by atoms with E-state index >= 15 is 0 Å². The minimum Gasteiger partial charge on any atom is -0.302 e. The van der Waals surface area contributed by atoms with Gasteiger partial charge in [0, 0.05) is 30.1 Å². The Labute approximate surface area is 233 Å². The second kappa shape index (κ2) is 12.9. The molecule has 2 aromatic rings. The highest BCUT2D eigenvalue weighted by molar-refractivity contribution is 6.31. The SMILES string of the molecule is CC/C(C)=C/N(/N=C(\C)N(C)C(=O)C1CC1)c1ccc(/C=C/C(CC)c2cc(C)c(C)c(Cl)c2)cc1C#N. The largest absolute Gasteiger partial charge is 0.302 e. The Balaban J connectivity index is 1.93. The summed E-state index contributed by atoms with van der Waals surface area (Å²) < 4.78 is 0. The van der Waals surface area contributed by atoms with Crippen LogP contribution in [0.5, 0.6) is 0 Å². The van der Waals surface area contributed by atoms with Crippen LogP contribution in [0.25, 0.3) is 6.08 Å². The zero-order chi connectivity index (χ0) is 28.0. The molecule has 1 unspecified atom stereocenters. The zero-order valence-corrected chi connectivity index (χ0v) is 24.4. The van der Waals surface area contributed by atoms with Crippen molar-refractivity contribution >= 4 is 35.1 Å². The Morgan fingerprint density at radius 3 is 2.50 bits per heavy atom. The number of nitrogens with zero attached hydrogens (tertiary/aromatic N) is 4. The summed E-state index contributed by atoms with van der Waals surface area (Å²) in [5.74, 6) is 1.01. The molecule has 5 nitrogen and oxygen atoms in total. The van der Waals surface area contributed by atoms with Crippen molar-refractivity contribution in [2.75, 3.05) is 12.1 Å². The molecule has 0 aromatic heterocycles. The number of amides is 1. The fraction of sp³-hybridized carbons (Fsp3) is 0.406. The quantitative estimate of drug-likeness (QED) is 0.186. The topological polar surface area (TPSA) is 59.7 Å². The summed E-state index contributed by atoms with van der Waals surface area (Å²) in [6.45, 7) is 12.2. The molecule has 2 aromatic carbocycles. The summed E-state index contributed by atoms with van der Waals surface area (Å²) in [5.41, 5.74) is 6.74. The first-order valence-corrected chi connectivity index (χ1v) is 13.8. The summed E-state index contributed by atoms with van der Waals surface area (Å²) in [6.07, 6.45) is 9.85. The first-order valence-electron chi connectivity index (χ1n) is 13.4. The molecule has 1 amide bonds. The minimum absolute atomic E-state index is 0.0962. The van der Waals surface area contributed by atoms with E-state index in [0.29, 0.717) is 17.1 Å². The zero-order valence-electron chi connectivity index (χ0n) is 23.7. The van der Waals surface area contributed by atoms with Crippen LogP contribution in [-0.2, 0) is 4.79 Å². The van der Waals surface area contributed by atoms with Gasteiger partial charge >= 0.3 is 0 Å². The maximum Gasteiger partial charge on any atom is 0.230 e. The second-order valence-corrected chi connectivity index (χ2v) is 10.6. The van der Waals surface area contributed by atoms with E-state index in [9.17, 15) is 10.1 Å². The van der Waals surface area contributed by atoms with Gasteiger partial charge in [0.15, 0.2) is 0 Å². The van der Waals surface area contributed by atoms with Gasteiger partial charge in [-0.05, 0) is 93.8 Å². The maximum atomic E-state index is 12.6. The molecular formula is C32H39ClN4O. The van der Waals surface area contributed by atoms with Crippen LogP contribution in [0, 0.1) is 31.1 Å². The number of carbonyl (C=O) groups excluding carboxylic acids is 1. The van der Waals surface area contributed by atoms with Gasteiger partial charge in [0.05, 0.1) is 11.3 Å². The van der Waals surface area contributed by atoms with Gasteiger partial charge in [0.2, 0.25) is 5.91 Å². The molecule has 0 heterocycles. The van der Waals surface area contributed by atoms with Crippen LogP contribution in [-0.4, -0.2) is 23.7 Å². The number of nitriles is 1. The number of rotatable bonds is 9. The lowest BCUT2D eigenvalue weighted by Gasteiger charge is -2.22. The molecule has 0 radical (unpaired) electrons. The van der Waals surface area contributed by atoms with Crippen LogP contribution in [0.3, 0.4) is 0 Å². The van der Waals surface area contributed by atoms with E-state index < -0.39 is 0 Å². The summed E-state index contributed by atoms with van der Waals surface area (Å²) in [6, 6.07) is 12.4. The number of halogens is 1. The van der Waals surface area contributed by atoms with E-state index in [4.69, 9.17) is 16.7 Å². The van der Waals surface area contributed by atoms with Crippen molar-refractivity contribution in [1.29, 1.82) is 5.26 Å². The Morgan fingerprint density at radius 1 is 1.21 bits per heavy atom. The molecule has 200 valence electrons. The molecule has 0 saturated heterocycles. The third kappa shape index (κ3) is 7.14. The van der Waals surface area contributed by atoms with Gasteiger partial charge in [0.25, 0.3) is 0 Å². The number of allylic oxidation sites excluding steroid dienone is 2. The Kier molecular flexibility index (Phi) is 9.94. The highest BCUT2D eigenvalue weighted by Gasteiger charge is 2.33. The Morgan fingerprint density at radius 2 is 1.92 bits per heavy atom. The molecule has 1 fully saturated rings. The third-order valence-electron chi connectivity index (χ3n) is 7.30. The average Bonchev–Trinajstić information content (AvgIpc) is 3.76. The van der Waals surface area contributed by atoms with Crippen LogP contribution in [0.2, 0.25) is 5.02 Å². The van der Waals surface area contributed by atoms with Gasteiger partial charge < -0.3 is 4.90 Å². The van der Waals surface area contributed by atoms with Gasteiger partial charge in [-0.1, -0.05) is 55.3 Å². The Hall–Kier alpha value is -3.36. The number of aryl methyl sites for hydroxylation is 1. The van der Waals surface area contributed by atoms with Crippen LogP contribution in [0.15, 0.2) is 53.3 Å².